The van der Waals surface area contributed by atoms with E-state index in [-0.39, 0.29) is 5.91 Å². The van der Waals surface area contributed by atoms with Crippen molar-refractivity contribution in [3.8, 4) is 22.9 Å². The number of amides is 1. The van der Waals surface area contributed by atoms with Crippen molar-refractivity contribution in [3.63, 3.8) is 0 Å². The Hall–Kier alpha value is -3.73. The Bertz CT molecular complexity index is 1050. The topological polar surface area (TPSA) is 68.0 Å². The van der Waals surface area contributed by atoms with E-state index in [2.05, 4.69) is 15.5 Å². The first kappa shape index (κ1) is 16.7. The monoisotopic (exact) mass is 355 g/mol. The first-order valence-corrected chi connectivity index (χ1v) is 8.56. The third-order valence-corrected chi connectivity index (χ3v) is 4.15. The molecule has 0 spiro atoms. The summed E-state index contributed by atoms with van der Waals surface area (Å²) in [5.41, 5.74) is 4.10. The molecule has 27 heavy (non-hydrogen) atoms. The second-order valence-electron chi connectivity index (χ2n) is 6.18. The van der Waals surface area contributed by atoms with Crippen LogP contribution < -0.4 is 5.32 Å². The van der Waals surface area contributed by atoms with Crippen molar-refractivity contribution >= 4 is 11.6 Å². The summed E-state index contributed by atoms with van der Waals surface area (Å²) in [5, 5.41) is 11.1. The molecule has 1 N–H and O–H groups in total. The molecule has 1 heterocycles. The van der Waals surface area contributed by atoms with E-state index in [0.29, 0.717) is 23.0 Å². The molecule has 0 fully saturated rings. The van der Waals surface area contributed by atoms with Gasteiger partial charge < -0.3 is 9.73 Å². The Morgan fingerprint density at radius 2 is 1.37 bits per heavy atom. The normalized spacial score (nSPS) is 10.6. The predicted molar refractivity (Wildman–Crippen MR) is 104 cm³/mol. The average molecular weight is 355 g/mol. The van der Waals surface area contributed by atoms with Gasteiger partial charge in [-0.05, 0) is 55.5 Å². The molecule has 1 aromatic heterocycles. The molecule has 3 aromatic carbocycles. The van der Waals surface area contributed by atoms with Crippen LogP contribution in [0.5, 0.6) is 0 Å². The number of hydrogen-bond acceptors (Lipinski definition) is 4. The highest BCUT2D eigenvalue weighted by molar-refractivity contribution is 6.04. The highest BCUT2D eigenvalue weighted by Crippen LogP contribution is 2.24. The van der Waals surface area contributed by atoms with E-state index in [1.807, 2.05) is 85.8 Å². The third kappa shape index (κ3) is 3.77. The zero-order valence-electron chi connectivity index (χ0n) is 14.7. The van der Waals surface area contributed by atoms with Gasteiger partial charge in [-0.15, -0.1) is 10.2 Å². The maximum atomic E-state index is 12.3. The summed E-state index contributed by atoms with van der Waals surface area (Å²) in [6.07, 6.45) is 0. The first-order chi connectivity index (χ1) is 13.2. The Morgan fingerprint density at radius 1 is 0.778 bits per heavy atom. The summed E-state index contributed by atoms with van der Waals surface area (Å²) in [7, 11) is 0. The molecule has 0 aliphatic carbocycles. The SMILES string of the molecule is Cc1ccc(C(=O)Nc2ccc(-c3nnc(-c4ccccc4)o3)cc2)cc1. The number of aryl methyl sites for hydroxylation is 1. The molecule has 4 aromatic rings. The van der Waals surface area contributed by atoms with Gasteiger partial charge in [-0.2, -0.15) is 0 Å². The van der Waals surface area contributed by atoms with Crippen LogP contribution in [0.4, 0.5) is 5.69 Å². The predicted octanol–water partition coefficient (Wildman–Crippen LogP) is 4.96. The molecular formula is C22H17N3O2. The molecule has 0 bridgehead atoms. The highest BCUT2D eigenvalue weighted by atomic mass is 16.4. The Kier molecular flexibility index (Phi) is 4.49. The van der Waals surface area contributed by atoms with Crippen LogP contribution in [0.2, 0.25) is 0 Å². The van der Waals surface area contributed by atoms with Gasteiger partial charge in [0.05, 0.1) is 0 Å². The summed E-state index contributed by atoms with van der Waals surface area (Å²) in [4.78, 5) is 12.3. The van der Waals surface area contributed by atoms with Gasteiger partial charge >= 0.3 is 0 Å². The molecule has 0 unspecified atom stereocenters. The van der Waals surface area contributed by atoms with E-state index < -0.39 is 0 Å². The number of anilines is 1. The molecule has 5 heteroatoms. The molecular weight excluding hydrogens is 338 g/mol. The van der Waals surface area contributed by atoms with E-state index in [1.54, 1.807) is 0 Å². The van der Waals surface area contributed by atoms with Crippen molar-refractivity contribution in [2.45, 2.75) is 6.92 Å². The summed E-state index contributed by atoms with van der Waals surface area (Å²) in [6, 6.07) is 24.4. The van der Waals surface area contributed by atoms with Gasteiger partial charge in [-0.25, -0.2) is 0 Å². The number of nitrogens with zero attached hydrogens (tertiary/aromatic N) is 2. The number of aromatic nitrogens is 2. The van der Waals surface area contributed by atoms with E-state index >= 15 is 0 Å². The molecule has 0 radical (unpaired) electrons. The fourth-order valence-corrected chi connectivity index (χ4v) is 2.64. The molecule has 0 atom stereocenters. The molecule has 0 saturated heterocycles. The third-order valence-electron chi connectivity index (χ3n) is 4.15. The molecule has 4 rings (SSSR count). The Morgan fingerprint density at radius 3 is 2.00 bits per heavy atom. The zero-order valence-corrected chi connectivity index (χ0v) is 14.7. The van der Waals surface area contributed by atoms with Crippen LogP contribution in [-0.2, 0) is 0 Å². The van der Waals surface area contributed by atoms with E-state index in [9.17, 15) is 4.79 Å². The summed E-state index contributed by atoms with van der Waals surface area (Å²) in [5.74, 6) is 0.763. The minimum Gasteiger partial charge on any atom is -0.416 e. The van der Waals surface area contributed by atoms with Gasteiger partial charge in [0.2, 0.25) is 11.8 Å². The molecule has 1 amide bonds. The molecule has 132 valence electrons. The van der Waals surface area contributed by atoms with E-state index in [1.165, 1.54) is 0 Å². The summed E-state index contributed by atoms with van der Waals surface area (Å²) in [6.45, 7) is 1.99. The van der Waals surface area contributed by atoms with Crippen LogP contribution in [0.15, 0.2) is 83.3 Å². The molecule has 0 aliphatic heterocycles. The maximum Gasteiger partial charge on any atom is 0.255 e. The minimum atomic E-state index is -0.146. The van der Waals surface area contributed by atoms with Crippen LogP contribution >= 0.6 is 0 Å². The van der Waals surface area contributed by atoms with Crippen LogP contribution in [0.3, 0.4) is 0 Å². The second-order valence-corrected chi connectivity index (χ2v) is 6.18. The number of rotatable bonds is 4. The van der Waals surface area contributed by atoms with Gasteiger partial charge in [0.15, 0.2) is 0 Å². The first-order valence-electron chi connectivity index (χ1n) is 8.56. The van der Waals surface area contributed by atoms with Gasteiger partial charge in [0, 0.05) is 22.4 Å². The van der Waals surface area contributed by atoms with Crippen LogP contribution in [-0.4, -0.2) is 16.1 Å². The van der Waals surface area contributed by atoms with E-state index in [4.69, 9.17) is 4.42 Å². The van der Waals surface area contributed by atoms with Crippen molar-refractivity contribution in [2.24, 2.45) is 0 Å². The largest absolute Gasteiger partial charge is 0.416 e. The molecule has 0 aliphatic rings. The quantitative estimate of drug-likeness (QED) is 0.561. The van der Waals surface area contributed by atoms with Gasteiger partial charge in [0.25, 0.3) is 5.91 Å². The van der Waals surface area contributed by atoms with Gasteiger partial charge in [-0.1, -0.05) is 35.9 Å². The number of nitrogens with one attached hydrogen (secondary N) is 1. The number of carbonyl (C=O) groups is 1. The second kappa shape index (κ2) is 7.25. The van der Waals surface area contributed by atoms with Crippen molar-refractivity contribution in [3.05, 3.63) is 90.0 Å². The Balaban J connectivity index is 1.48. The van der Waals surface area contributed by atoms with Gasteiger partial charge in [-0.3, -0.25) is 4.79 Å². The summed E-state index contributed by atoms with van der Waals surface area (Å²) >= 11 is 0. The van der Waals surface area contributed by atoms with Crippen molar-refractivity contribution < 1.29 is 9.21 Å². The van der Waals surface area contributed by atoms with Crippen molar-refractivity contribution in [1.29, 1.82) is 0 Å². The molecule has 0 saturated carbocycles. The van der Waals surface area contributed by atoms with Crippen LogP contribution in [0.25, 0.3) is 22.9 Å². The lowest BCUT2D eigenvalue weighted by Gasteiger charge is -2.06. The minimum absolute atomic E-state index is 0.146. The van der Waals surface area contributed by atoms with Crippen molar-refractivity contribution in [1.82, 2.24) is 10.2 Å². The lowest BCUT2D eigenvalue weighted by atomic mass is 10.1. The lowest BCUT2D eigenvalue weighted by Crippen LogP contribution is -2.11. The van der Waals surface area contributed by atoms with Crippen LogP contribution in [0, 0.1) is 6.92 Å². The number of benzene rings is 3. The average Bonchev–Trinajstić information content (AvgIpc) is 3.20. The smallest absolute Gasteiger partial charge is 0.255 e. The summed E-state index contributed by atoms with van der Waals surface area (Å²) < 4.78 is 5.75. The van der Waals surface area contributed by atoms with Crippen molar-refractivity contribution in [2.75, 3.05) is 5.32 Å². The van der Waals surface area contributed by atoms with Gasteiger partial charge in [0.1, 0.15) is 0 Å². The fourth-order valence-electron chi connectivity index (χ4n) is 2.64. The van der Waals surface area contributed by atoms with Crippen LogP contribution in [0.1, 0.15) is 15.9 Å². The number of hydrogen-bond donors (Lipinski definition) is 1. The zero-order chi connectivity index (χ0) is 18.6. The lowest BCUT2D eigenvalue weighted by molar-refractivity contribution is 0.102. The number of carbonyl (C=O) groups excluding carboxylic acids is 1. The maximum absolute atomic E-state index is 12.3. The fraction of sp³-hybridized carbons (Fsp3) is 0.0455. The Labute approximate surface area is 156 Å². The standard InChI is InChI=1S/C22H17N3O2/c1-15-7-9-16(10-8-15)20(26)23-19-13-11-18(12-14-19)22-25-24-21(27-22)17-5-3-2-4-6-17/h2-14H,1H3,(H,23,26). The molecule has 5 nitrogen and oxygen atoms in total. The van der Waals surface area contributed by atoms with E-state index in [0.717, 1.165) is 16.7 Å². The highest BCUT2D eigenvalue weighted by Gasteiger charge is 2.11.